The quantitative estimate of drug-likeness (QED) is 0.864. The summed E-state index contributed by atoms with van der Waals surface area (Å²) in [6.45, 7) is 1.68. The Balaban J connectivity index is 1.91. The number of anilines is 2. The van der Waals surface area contributed by atoms with E-state index in [4.69, 9.17) is 0 Å². The zero-order chi connectivity index (χ0) is 15.4. The number of thioether (sulfide) groups is 1. The van der Waals surface area contributed by atoms with Gasteiger partial charge < -0.3 is 9.80 Å². The molecule has 0 radical (unpaired) electrons. The maximum Gasteiger partial charge on any atom is 0.256 e. The van der Waals surface area contributed by atoms with Crippen molar-refractivity contribution in [2.75, 3.05) is 36.5 Å². The van der Waals surface area contributed by atoms with Crippen molar-refractivity contribution in [3.05, 3.63) is 60.2 Å². The standard InChI is InChI=1S/C18H20N2OS/c1-19(15-7-3-2-4-8-15)17-10-6-5-9-16(17)18(21)20-11-13-22-14-12-20/h2-10H,11-14H2,1H3. The zero-order valence-corrected chi connectivity index (χ0v) is 13.6. The van der Waals surface area contributed by atoms with E-state index in [2.05, 4.69) is 17.0 Å². The lowest BCUT2D eigenvalue weighted by Crippen LogP contribution is -2.38. The van der Waals surface area contributed by atoms with Gasteiger partial charge in [-0.1, -0.05) is 30.3 Å². The van der Waals surface area contributed by atoms with Crippen molar-refractivity contribution >= 4 is 29.0 Å². The Kier molecular flexibility index (Phi) is 4.68. The van der Waals surface area contributed by atoms with Crippen LogP contribution in [0.1, 0.15) is 10.4 Å². The highest BCUT2D eigenvalue weighted by molar-refractivity contribution is 7.99. The molecule has 0 spiro atoms. The van der Waals surface area contributed by atoms with Gasteiger partial charge in [-0.2, -0.15) is 11.8 Å². The number of carbonyl (C=O) groups is 1. The molecule has 2 aromatic rings. The van der Waals surface area contributed by atoms with E-state index in [9.17, 15) is 4.79 Å². The largest absolute Gasteiger partial charge is 0.344 e. The van der Waals surface area contributed by atoms with Crippen LogP contribution in [0.25, 0.3) is 0 Å². The molecule has 0 N–H and O–H groups in total. The van der Waals surface area contributed by atoms with Crippen LogP contribution in [0.2, 0.25) is 0 Å². The van der Waals surface area contributed by atoms with E-state index < -0.39 is 0 Å². The number of hydrogen-bond donors (Lipinski definition) is 0. The molecule has 2 aromatic carbocycles. The van der Waals surface area contributed by atoms with Crippen LogP contribution >= 0.6 is 11.8 Å². The minimum Gasteiger partial charge on any atom is -0.344 e. The van der Waals surface area contributed by atoms with E-state index in [-0.39, 0.29) is 5.91 Å². The Morgan fingerprint density at radius 1 is 1.00 bits per heavy atom. The number of hydrogen-bond acceptors (Lipinski definition) is 3. The molecular formula is C18H20N2OS. The van der Waals surface area contributed by atoms with Crippen LogP contribution in [-0.2, 0) is 0 Å². The fourth-order valence-electron chi connectivity index (χ4n) is 2.67. The van der Waals surface area contributed by atoms with E-state index in [1.165, 1.54) is 0 Å². The van der Waals surface area contributed by atoms with Gasteiger partial charge in [-0.15, -0.1) is 0 Å². The van der Waals surface area contributed by atoms with Crippen molar-refractivity contribution in [3.8, 4) is 0 Å². The maximum absolute atomic E-state index is 12.8. The molecule has 0 aliphatic carbocycles. The molecule has 0 unspecified atom stereocenters. The van der Waals surface area contributed by atoms with Gasteiger partial charge in [0, 0.05) is 37.3 Å². The van der Waals surface area contributed by atoms with Gasteiger partial charge in [-0.05, 0) is 24.3 Å². The predicted octanol–water partition coefficient (Wildman–Crippen LogP) is 3.64. The van der Waals surface area contributed by atoms with Gasteiger partial charge in [0.15, 0.2) is 0 Å². The fourth-order valence-corrected chi connectivity index (χ4v) is 3.58. The number of nitrogens with zero attached hydrogens (tertiary/aromatic N) is 2. The van der Waals surface area contributed by atoms with E-state index in [1.54, 1.807) is 0 Å². The predicted molar refractivity (Wildman–Crippen MR) is 94.2 cm³/mol. The summed E-state index contributed by atoms with van der Waals surface area (Å²) in [5.41, 5.74) is 2.81. The summed E-state index contributed by atoms with van der Waals surface area (Å²) in [7, 11) is 2.01. The Morgan fingerprint density at radius 3 is 2.36 bits per heavy atom. The SMILES string of the molecule is CN(c1ccccc1)c1ccccc1C(=O)N1CCSCC1. The minimum atomic E-state index is 0.138. The minimum absolute atomic E-state index is 0.138. The lowest BCUT2D eigenvalue weighted by Gasteiger charge is -2.29. The number of amides is 1. The summed E-state index contributed by atoms with van der Waals surface area (Å²) >= 11 is 1.91. The van der Waals surface area contributed by atoms with Gasteiger partial charge in [0.05, 0.1) is 11.3 Å². The molecule has 1 amide bonds. The van der Waals surface area contributed by atoms with Crippen LogP contribution in [0.15, 0.2) is 54.6 Å². The molecular weight excluding hydrogens is 292 g/mol. The summed E-state index contributed by atoms with van der Waals surface area (Å²) in [5.74, 6) is 2.20. The molecule has 3 rings (SSSR count). The van der Waals surface area contributed by atoms with Crippen LogP contribution in [0.3, 0.4) is 0 Å². The van der Waals surface area contributed by atoms with Crippen LogP contribution in [-0.4, -0.2) is 42.4 Å². The topological polar surface area (TPSA) is 23.6 Å². The Morgan fingerprint density at radius 2 is 1.64 bits per heavy atom. The van der Waals surface area contributed by atoms with Gasteiger partial charge in [0.2, 0.25) is 0 Å². The smallest absolute Gasteiger partial charge is 0.256 e. The summed E-state index contributed by atoms with van der Waals surface area (Å²) < 4.78 is 0. The summed E-state index contributed by atoms with van der Waals surface area (Å²) in [6.07, 6.45) is 0. The average molecular weight is 312 g/mol. The Labute approximate surface area is 135 Å². The zero-order valence-electron chi connectivity index (χ0n) is 12.7. The van der Waals surface area contributed by atoms with Gasteiger partial charge in [0.1, 0.15) is 0 Å². The molecule has 114 valence electrons. The number of rotatable bonds is 3. The van der Waals surface area contributed by atoms with E-state index in [0.717, 1.165) is 41.5 Å². The Hall–Kier alpha value is -1.94. The van der Waals surface area contributed by atoms with Crippen molar-refractivity contribution in [1.82, 2.24) is 4.90 Å². The van der Waals surface area contributed by atoms with Gasteiger partial charge in [-0.3, -0.25) is 4.79 Å². The van der Waals surface area contributed by atoms with Crippen LogP contribution in [0.5, 0.6) is 0 Å². The molecule has 0 aromatic heterocycles. The maximum atomic E-state index is 12.8. The molecule has 0 atom stereocenters. The Bertz CT molecular complexity index is 639. The molecule has 0 saturated carbocycles. The van der Waals surface area contributed by atoms with Crippen LogP contribution in [0.4, 0.5) is 11.4 Å². The summed E-state index contributed by atoms with van der Waals surface area (Å²) in [6, 6.07) is 18.0. The van der Waals surface area contributed by atoms with E-state index in [0.29, 0.717) is 0 Å². The highest BCUT2D eigenvalue weighted by atomic mass is 32.2. The first kappa shape index (κ1) is 15.0. The van der Waals surface area contributed by atoms with Crippen molar-refractivity contribution in [2.45, 2.75) is 0 Å². The molecule has 4 heteroatoms. The third-order valence-electron chi connectivity index (χ3n) is 3.94. The van der Waals surface area contributed by atoms with Crippen LogP contribution < -0.4 is 4.90 Å². The van der Waals surface area contributed by atoms with Gasteiger partial charge in [0.25, 0.3) is 5.91 Å². The monoisotopic (exact) mass is 312 g/mol. The molecule has 3 nitrogen and oxygen atoms in total. The van der Waals surface area contributed by atoms with Crippen molar-refractivity contribution < 1.29 is 4.79 Å². The number of benzene rings is 2. The fraction of sp³-hybridized carbons (Fsp3) is 0.278. The summed E-state index contributed by atoms with van der Waals surface area (Å²) in [5, 5.41) is 0. The molecule has 1 heterocycles. The second-order valence-corrected chi connectivity index (χ2v) is 6.54. The number of para-hydroxylation sites is 2. The normalized spacial score (nSPS) is 14.7. The number of carbonyl (C=O) groups excluding carboxylic acids is 1. The molecule has 1 aliphatic rings. The van der Waals surface area contributed by atoms with Crippen LogP contribution in [0, 0.1) is 0 Å². The average Bonchev–Trinajstić information content (AvgIpc) is 2.62. The van der Waals surface area contributed by atoms with Gasteiger partial charge in [-0.25, -0.2) is 0 Å². The first-order valence-corrected chi connectivity index (χ1v) is 8.67. The third kappa shape index (κ3) is 3.12. The lowest BCUT2D eigenvalue weighted by molar-refractivity contribution is 0.0773. The molecule has 0 bridgehead atoms. The molecule has 1 aliphatic heterocycles. The highest BCUT2D eigenvalue weighted by Gasteiger charge is 2.22. The van der Waals surface area contributed by atoms with Crippen molar-refractivity contribution in [1.29, 1.82) is 0 Å². The highest BCUT2D eigenvalue weighted by Crippen LogP contribution is 2.28. The third-order valence-corrected chi connectivity index (χ3v) is 4.88. The van der Waals surface area contributed by atoms with Crippen molar-refractivity contribution in [3.63, 3.8) is 0 Å². The second-order valence-electron chi connectivity index (χ2n) is 5.32. The summed E-state index contributed by atoms with van der Waals surface area (Å²) in [4.78, 5) is 16.9. The first-order chi connectivity index (χ1) is 10.8. The van der Waals surface area contributed by atoms with Crippen molar-refractivity contribution in [2.24, 2.45) is 0 Å². The van der Waals surface area contributed by atoms with E-state index >= 15 is 0 Å². The van der Waals surface area contributed by atoms with E-state index in [1.807, 2.05) is 66.2 Å². The first-order valence-electron chi connectivity index (χ1n) is 7.52. The molecule has 1 fully saturated rings. The second kappa shape index (κ2) is 6.88. The molecule has 1 saturated heterocycles. The lowest BCUT2D eigenvalue weighted by atomic mass is 10.1. The van der Waals surface area contributed by atoms with Gasteiger partial charge >= 0.3 is 0 Å². The molecule has 22 heavy (non-hydrogen) atoms.